The van der Waals surface area contributed by atoms with Crippen LogP contribution < -0.4 is 9.47 Å². The standard InChI is InChI=1S/C22H24F2N2O4/c1-13-11-25(21(27)15-5-8-20(30-4)19(24)9-15)12-14(2)26(13)22(28)17-7-6-16(29-3)10-18(17)23/h5-10,13-14H,11-12H2,1-4H3/t13-,14-/m1/s1. The Bertz CT molecular complexity index is 954. The summed E-state index contributed by atoms with van der Waals surface area (Å²) in [5.41, 5.74) is 0.153. The predicted molar refractivity (Wildman–Crippen MR) is 107 cm³/mol. The molecule has 1 aliphatic rings. The lowest BCUT2D eigenvalue weighted by Gasteiger charge is -2.44. The molecule has 0 saturated carbocycles. The Kier molecular flexibility index (Phi) is 6.24. The van der Waals surface area contributed by atoms with E-state index in [9.17, 15) is 18.4 Å². The second kappa shape index (κ2) is 8.69. The first-order chi connectivity index (χ1) is 14.3. The molecule has 1 aliphatic heterocycles. The van der Waals surface area contributed by atoms with Crippen molar-refractivity contribution in [3.63, 3.8) is 0 Å². The van der Waals surface area contributed by atoms with Crippen LogP contribution >= 0.6 is 0 Å². The topological polar surface area (TPSA) is 59.1 Å². The average molecular weight is 418 g/mol. The van der Waals surface area contributed by atoms with Crippen molar-refractivity contribution < 1.29 is 27.8 Å². The fraction of sp³-hybridized carbons (Fsp3) is 0.364. The average Bonchev–Trinajstić information content (AvgIpc) is 2.72. The van der Waals surface area contributed by atoms with Gasteiger partial charge in [-0.1, -0.05) is 0 Å². The molecule has 2 aromatic rings. The molecule has 2 amide bonds. The van der Waals surface area contributed by atoms with E-state index in [1.54, 1.807) is 23.6 Å². The van der Waals surface area contributed by atoms with E-state index >= 15 is 0 Å². The molecule has 0 unspecified atom stereocenters. The lowest BCUT2D eigenvalue weighted by molar-refractivity contribution is 0.0251. The fourth-order valence-electron chi connectivity index (χ4n) is 3.81. The number of hydrogen-bond donors (Lipinski definition) is 0. The van der Waals surface area contributed by atoms with Crippen LogP contribution in [0.3, 0.4) is 0 Å². The highest BCUT2D eigenvalue weighted by Gasteiger charge is 2.36. The van der Waals surface area contributed by atoms with Crippen LogP contribution in [0.25, 0.3) is 0 Å². The third-order valence-electron chi connectivity index (χ3n) is 5.25. The van der Waals surface area contributed by atoms with Crippen molar-refractivity contribution in [3.05, 3.63) is 59.2 Å². The number of piperazine rings is 1. The number of benzene rings is 2. The highest BCUT2D eigenvalue weighted by molar-refractivity contribution is 5.96. The maximum Gasteiger partial charge on any atom is 0.257 e. The Morgan fingerprint density at radius 1 is 0.900 bits per heavy atom. The van der Waals surface area contributed by atoms with Crippen molar-refractivity contribution in [2.75, 3.05) is 27.3 Å². The van der Waals surface area contributed by atoms with Gasteiger partial charge in [0.1, 0.15) is 11.6 Å². The van der Waals surface area contributed by atoms with Gasteiger partial charge in [-0.25, -0.2) is 8.78 Å². The second-order valence-electron chi connectivity index (χ2n) is 7.32. The van der Waals surface area contributed by atoms with Crippen molar-refractivity contribution in [1.82, 2.24) is 9.80 Å². The van der Waals surface area contributed by atoms with Crippen molar-refractivity contribution in [2.45, 2.75) is 25.9 Å². The maximum atomic E-state index is 14.4. The van der Waals surface area contributed by atoms with E-state index in [1.807, 2.05) is 0 Å². The number of ether oxygens (including phenoxy) is 2. The first kappa shape index (κ1) is 21.5. The van der Waals surface area contributed by atoms with Crippen LogP contribution in [0.15, 0.2) is 36.4 Å². The number of halogens is 2. The quantitative estimate of drug-likeness (QED) is 0.764. The summed E-state index contributed by atoms with van der Waals surface area (Å²) >= 11 is 0. The molecule has 0 aliphatic carbocycles. The number of nitrogens with zero attached hydrogens (tertiary/aromatic N) is 2. The largest absolute Gasteiger partial charge is 0.497 e. The van der Waals surface area contributed by atoms with Crippen LogP contribution in [-0.4, -0.2) is 61.0 Å². The zero-order chi connectivity index (χ0) is 22.0. The molecule has 0 radical (unpaired) electrons. The van der Waals surface area contributed by atoms with E-state index in [1.165, 1.54) is 44.6 Å². The number of carbonyl (C=O) groups is 2. The van der Waals surface area contributed by atoms with Crippen molar-refractivity contribution in [2.24, 2.45) is 0 Å². The molecule has 1 saturated heterocycles. The van der Waals surface area contributed by atoms with E-state index in [4.69, 9.17) is 9.47 Å². The zero-order valence-electron chi connectivity index (χ0n) is 17.3. The molecule has 0 aromatic heterocycles. The van der Waals surface area contributed by atoms with Crippen LogP contribution in [0.5, 0.6) is 11.5 Å². The number of methoxy groups -OCH3 is 2. The van der Waals surface area contributed by atoms with Gasteiger partial charge in [-0.2, -0.15) is 0 Å². The molecule has 1 fully saturated rings. The maximum absolute atomic E-state index is 14.4. The van der Waals surface area contributed by atoms with Gasteiger partial charge >= 0.3 is 0 Å². The molecule has 2 aromatic carbocycles. The van der Waals surface area contributed by atoms with Crippen molar-refractivity contribution in [1.29, 1.82) is 0 Å². The van der Waals surface area contributed by atoms with Gasteiger partial charge in [-0.15, -0.1) is 0 Å². The fourth-order valence-corrected chi connectivity index (χ4v) is 3.81. The lowest BCUT2D eigenvalue weighted by atomic mass is 10.0. The van der Waals surface area contributed by atoms with Crippen molar-refractivity contribution in [3.8, 4) is 11.5 Å². The van der Waals surface area contributed by atoms with E-state index in [0.29, 0.717) is 5.75 Å². The smallest absolute Gasteiger partial charge is 0.257 e. The monoisotopic (exact) mass is 418 g/mol. The van der Waals surface area contributed by atoms with Crippen LogP contribution in [0.1, 0.15) is 34.6 Å². The highest BCUT2D eigenvalue weighted by Crippen LogP contribution is 2.25. The summed E-state index contributed by atoms with van der Waals surface area (Å²) < 4.78 is 38.2. The molecular weight excluding hydrogens is 394 g/mol. The lowest BCUT2D eigenvalue weighted by Crippen LogP contribution is -2.59. The number of amides is 2. The predicted octanol–water partition coefficient (Wildman–Crippen LogP) is 3.36. The minimum atomic E-state index is -0.661. The first-order valence-electron chi connectivity index (χ1n) is 9.55. The second-order valence-corrected chi connectivity index (χ2v) is 7.32. The van der Waals surface area contributed by atoms with Gasteiger partial charge in [0.05, 0.1) is 19.8 Å². The minimum absolute atomic E-state index is 0.0495. The third kappa shape index (κ3) is 4.08. The van der Waals surface area contributed by atoms with E-state index in [0.717, 1.165) is 6.07 Å². The number of rotatable bonds is 4. The van der Waals surface area contributed by atoms with Gasteiger partial charge in [0.2, 0.25) is 0 Å². The molecule has 160 valence electrons. The van der Waals surface area contributed by atoms with Gasteiger partial charge < -0.3 is 19.3 Å². The Hall–Kier alpha value is -3.16. The van der Waals surface area contributed by atoms with E-state index in [-0.39, 0.29) is 48.0 Å². The molecule has 0 N–H and O–H groups in total. The Morgan fingerprint density at radius 3 is 2.10 bits per heavy atom. The van der Waals surface area contributed by atoms with Gasteiger partial charge in [0.25, 0.3) is 11.8 Å². The van der Waals surface area contributed by atoms with Gasteiger partial charge in [0, 0.05) is 36.8 Å². The van der Waals surface area contributed by atoms with Crippen LogP contribution in [0.4, 0.5) is 8.78 Å². The molecule has 2 atom stereocenters. The Morgan fingerprint density at radius 2 is 1.57 bits per heavy atom. The normalized spacial score (nSPS) is 18.9. The first-order valence-corrected chi connectivity index (χ1v) is 9.55. The van der Waals surface area contributed by atoms with Gasteiger partial charge in [-0.05, 0) is 44.2 Å². The molecular formula is C22H24F2N2O4. The van der Waals surface area contributed by atoms with Crippen molar-refractivity contribution >= 4 is 11.8 Å². The summed E-state index contributed by atoms with van der Waals surface area (Å²) in [6.07, 6.45) is 0. The summed E-state index contributed by atoms with van der Waals surface area (Å²) in [4.78, 5) is 29.0. The molecule has 0 bridgehead atoms. The highest BCUT2D eigenvalue weighted by atomic mass is 19.1. The number of carbonyl (C=O) groups excluding carboxylic acids is 2. The Balaban J connectivity index is 1.77. The molecule has 0 spiro atoms. The summed E-state index contributed by atoms with van der Waals surface area (Å²) in [6.45, 7) is 4.09. The van der Waals surface area contributed by atoms with Crippen LogP contribution in [0.2, 0.25) is 0 Å². The SMILES string of the molecule is COc1ccc(C(=O)N2[C@H](C)CN(C(=O)c3ccc(OC)c(F)c3)C[C@H]2C)c(F)c1. The Labute approximate surface area is 174 Å². The molecule has 3 rings (SSSR count). The minimum Gasteiger partial charge on any atom is -0.497 e. The van der Waals surface area contributed by atoms with Gasteiger partial charge in [-0.3, -0.25) is 9.59 Å². The van der Waals surface area contributed by atoms with Crippen LogP contribution in [-0.2, 0) is 0 Å². The zero-order valence-corrected chi connectivity index (χ0v) is 17.3. The van der Waals surface area contributed by atoms with Gasteiger partial charge in [0.15, 0.2) is 11.6 Å². The third-order valence-corrected chi connectivity index (χ3v) is 5.25. The molecule has 1 heterocycles. The molecule has 6 nitrogen and oxygen atoms in total. The summed E-state index contributed by atoms with van der Waals surface area (Å²) in [5, 5.41) is 0. The summed E-state index contributed by atoms with van der Waals surface area (Å²) in [6, 6.07) is 7.44. The number of hydrogen-bond acceptors (Lipinski definition) is 4. The van der Waals surface area contributed by atoms with E-state index in [2.05, 4.69) is 0 Å². The van der Waals surface area contributed by atoms with Crippen LogP contribution in [0, 0.1) is 11.6 Å². The summed E-state index contributed by atoms with van der Waals surface area (Å²) in [5.74, 6) is -1.67. The van der Waals surface area contributed by atoms with E-state index < -0.39 is 17.5 Å². The molecule has 30 heavy (non-hydrogen) atoms. The molecule has 8 heteroatoms. The summed E-state index contributed by atoms with van der Waals surface area (Å²) in [7, 11) is 2.77.